The third kappa shape index (κ3) is 1.50. The molecule has 0 amide bonds. The summed E-state index contributed by atoms with van der Waals surface area (Å²) in [5, 5.41) is 19.7. The standard InChI is InChI=1S/C16H14O2/c1-2-10-7-11-5-3-4-6-13(11)14-8-12(17)9-15(18)16(10)14/h2-6,8-10,17-18H,1,7H2/t10-/m1/s1. The largest absolute Gasteiger partial charge is 0.508 e. The van der Waals surface area contributed by atoms with Crippen LogP contribution in [0, 0.1) is 0 Å². The fourth-order valence-corrected chi connectivity index (χ4v) is 2.74. The first-order valence-electron chi connectivity index (χ1n) is 5.97. The molecule has 1 atom stereocenters. The van der Waals surface area contributed by atoms with E-state index < -0.39 is 0 Å². The number of phenolic OH excluding ortho intramolecular Hbond substituents is 2. The molecule has 0 aromatic heterocycles. The van der Waals surface area contributed by atoms with Crippen LogP contribution in [0.2, 0.25) is 0 Å². The van der Waals surface area contributed by atoms with Gasteiger partial charge in [0.2, 0.25) is 0 Å². The first-order valence-corrected chi connectivity index (χ1v) is 5.97. The van der Waals surface area contributed by atoms with Crippen LogP contribution in [0.1, 0.15) is 17.0 Å². The van der Waals surface area contributed by atoms with Gasteiger partial charge in [-0.15, -0.1) is 6.58 Å². The number of benzene rings is 2. The second kappa shape index (κ2) is 3.91. The Labute approximate surface area is 106 Å². The zero-order valence-corrected chi connectivity index (χ0v) is 9.93. The minimum Gasteiger partial charge on any atom is -0.508 e. The maximum atomic E-state index is 10.1. The summed E-state index contributed by atoms with van der Waals surface area (Å²) in [6.45, 7) is 3.85. The van der Waals surface area contributed by atoms with Crippen molar-refractivity contribution in [2.45, 2.75) is 12.3 Å². The van der Waals surface area contributed by atoms with Crippen LogP contribution in [-0.4, -0.2) is 10.2 Å². The van der Waals surface area contributed by atoms with Crippen molar-refractivity contribution in [3.63, 3.8) is 0 Å². The van der Waals surface area contributed by atoms with Gasteiger partial charge in [-0.1, -0.05) is 30.3 Å². The van der Waals surface area contributed by atoms with Crippen molar-refractivity contribution in [2.24, 2.45) is 0 Å². The summed E-state index contributed by atoms with van der Waals surface area (Å²) in [7, 11) is 0. The Morgan fingerprint density at radius 2 is 1.89 bits per heavy atom. The Kier molecular flexibility index (Phi) is 2.37. The highest BCUT2D eigenvalue weighted by Gasteiger charge is 2.25. The zero-order chi connectivity index (χ0) is 12.7. The Morgan fingerprint density at radius 1 is 1.11 bits per heavy atom. The molecule has 18 heavy (non-hydrogen) atoms. The van der Waals surface area contributed by atoms with Gasteiger partial charge >= 0.3 is 0 Å². The van der Waals surface area contributed by atoms with Crippen LogP contribution in [0.4, 0.5) is 0 Å². The van der Waals surface area contributed by atoms with E-state index in [4.69, 9.17) is 0 Å². The molecule has 1 aliphatic carbocycles. The quantitative estimate of drug-likeness (QED) is 0.745. The molecule has 3 rings (SSSR count). The molecular weight excluding hydrogens is 224 g/mol. The predicted octanol–water partition coefficient (Wildman–Crippen LogP) is 3.59. The Hall–Kier alpha value is -2.22. The summed E-state index contributed by atoms with van der Waals surface area (Å²) in [5.41, 5.74) is 4.07. The molecule has 2 aromatic rings. The zero-order valence-electron chi connectivity index (χ0n) is 9.93. The lowest BCUT2D eigenvalue weighted by molar-refractivity contribution is 0.444. The molecule has 0 unspecified atom stereocenters. The molecule has 90 valence electrons. The number of aromatic hydroxyl groups is 2. The molecule has 0 bridgehead atoms. The van der Waals surface area contributed by atoms with Gasteiger partial charge in [0.05, 0.1) is 0 Å². The van der Waals surface area contributed by atoms with E-state index in [-0.39, 0.29) is 17.4 Å². The molecule has 1 aliphatic rings. The first-order chi connectivity index (χ1) is 8.70. The summed E-state index contributed by atoms with van der Waals surface area (Å²) >= 11 is 0. The second-order valence-corrected chi connectivity index (χ2v) is 4.63. The SMILES string of the molecule is C=C[C@@H]1Cc2ccccc2-c2cc(O)cc(O)c21. The van der Waals surface area contributed by atoms with E-state index in [1.807, 2.05) is 24.3 Å². The van der Waals surface area contributed by atoms with Crippen molar-refractivity contribution in [2.75, 3.05) is 0 Å². The number of allylic oxidation sites excluding steroid dienone is 1. The van der Waals surface area contributed by atoms with Gasteiger partial charge < -0.3 is 10.2 Å². The van der Waals surface area contributed by atoms with Gasteiger partial charge in [0.15, 0.2) is 0 Å². The Morgan fingerprint density at radius 3 is 2.67 bits per heavy atom. The summed E-state index contributed by atoms with van der Waals surface area (Å²) in [5.74, 6) is 0.325. The maximum Gasteiger partial charge on any atom is 0.123 e. The van der Waals surface area contributed by atoms with E-state index in [1.165, 1.54) is 11.6 Å². The number of hydrogen-bond donors (Lipinski definition) is 2. The van der Waals surface area contributed by atoms with Gasteiger partial charge in [-0.3, -0.25) is 0 Å². The summed E-state index contributed by atoms with van der Waals surface area (Å²) in [6.07, 6.45) is 2.69. The molecular formula is C16H14O2. The smallest absolute Gasteiger partial charge is 0.123 e. The van der Waals surface area contributed by atoms with Crippen molar-refractivity contribution in [1.29, 1.82) is 0 Å². The Bertz CT molecular complexity index is 629. The first kappa shape index (κ1) is 10.9. The molecule has 2 N–H and O–H groups in total. The third-order valence-corrected chi connectivity index (χ3v) is 3.55. The van der Waals surface area contributed by atoms with Crippen LogP contribution in [0.15, 0.2) is 49.1 Å². The van der Waals surface area contributed by atoms with Gasteiger partial charge in [-0.25, -0.2) is 0 Å². The lowest BCUT2D eigenvalue weighted by Gasteiger charge is -2.26. The topological polar surface area (TPSA) is 40.5 Å². The Balaban J connectivity index is 2.35. The molecule has 0 fully saturated rings. The minimum absolute atomic E-state index is 0.0887. The third-order valence-electron chi connectivity index (χ3n) is 3.55. The van der Waals surface area contributed by atoms with Crippen LogP contribution in [-0.2, 0) is 6.42 Å². The molecule has 0 saturated carbocycles. The molecule has 0 spiro atoms. The molecule has 2 aromatic carbocycles. The van der Waals surface area contributed by atoms with Gasteiger partial charge in [-0.2, -0.15) is 0 Å². The molecule has 0 heterocycles. The number of fused-ring (bicyclic) bond motifs is 3. The molecule has 2 heteroatoms. The molecule has 0 saturated heterocycles. The van der Waals surface area contributed by atoms with Gasteiger partial charge in [0.1, 0.15) is 11.5 Å². The van der Waals surface area contributed by atoms with E-state index in [9.17, 15) is 10.2 Å². The highest BCUT2D eigenvalue weighted by molar-refractivity contribution is 5.78. The summed E-state index contributed by atoms with van der Waals surface area (Å²) in [6, 6.07) is 11.2. The highest BCUT2D eigenvalue weighted by Crippen LogP contribution is 2.45. The average molecular weight is 238 g/mol. The van der Waals surface area contributed by atoms with E-state index in [0.29, 0.717) is 0 Å². The molecule has 0 radical (unpaired) electrons. The van der Waals surface area contributed by atoms with Crippen molar-refractivity contribution >= 4 is 0 Å². The van der Waals surface area contributed by atoms with Gasteiger partial charge in [0, 0.05) is 17.5 Å². The molecule has 0 aliphatic heterocycles. The average Bonchev–Trinajstić information content (AvgIpc) is 2.37. The molecule has 2 nitrogen and oxygen atoms in total. The normalized spacial score (nSPS) is 16.8. The van der Waals surface area contributed by atoms with Crippen LogP contribution in [0.25, 0.3) is 11.1 Å². The number of rotatable bonds is 1. The van der Waals surface area contributed by atoms with Crippen LogP contribution < -0.4 is 0 Å². The maximum absolute atomic E-state index is 10.1. The number of hydrogen-bond acceptors (Lipinski definition) is 2. The lowest BCUT2D eigenvalue weighted by atomic mass is 9.78. The minimum atomic E-state index is 0.0887. The lowest BCUT2D eigenvalue weighted by Crippen LogP contribution is -2.09. The van der Waals surface area contributed by atoms with Crippen LogP contribution in [0.3, 0.4) is 0 Å². The second-order valence-electron chi connectivity index (χ2n) is 4.63. The van der Waals surface area contributed by atoms with E-state index in [1.54, 1.807) is 6.07 Å². The highest BCUT2D eigenvalue weighted by atomic mass is 16.3. The predicted molar refractivity (Wildman–Crippen MR) is 71.8 cm³/mol. The van der Waals surface area contributed by atoms with Gasteiger partial charge in [-0.05, 0) is 29.2 Å². The monoisotopic (exact) mass is 238 g/mol. The summed E-state index contributed by atoms with van der Waals surface area (Å²) < 4.78 is 0. The van der Waals surface area contributed by atoms with E-state index >= 15 is 0 Å². The van der Waals surface area contributed by atoms with Crippen LogP contribution in [0.5, 0.6) is 11.5 Å². The van der Waals surface area contributed by atoms with Crippen molar-refractivity contribution in [3.05, 3.63) is 60.2 Å². The van der Waals surface area contributed by atoms with E-state index in [2.05, 4.69) is 12.6 Å². The van der Waals surface area contributed by atoms with Crippen LogP contribution >= 0.6 is 0 Å². The van der Waals surface area contributed by atoms with Gasteiger partial charge in [0.25, 0.3) is 0 Å². The number of phenols is 2. The van der Waals surface area contributed by atoms with Crippen molar-refractivity contribution < 1.29 is 10.2 Å². The van der Waals surface area contributed by atoms with Crippen molar-refractivity contribution in [3.8, 4) is 22.6 Å². The fourth-order valence-electron chi connectivity index (χ4n) is 2.74. The van der Waals surface area contributed by atoms with E-state index in [0.717, 1.165) is 23.1 Å². The fraction of sp³-hybridized carbons (Fsp3) is 0.125. The van der Waals surface area contributed by atoms with Crippen molar-refractivity contribution in [1.82, 2.24) is 0 Å². The summed E-state index contributed by atoms with van der Waals surface area (Å²) in [4.78, 5) is 0.